The summed E-state index contributed by atoms with van der Waals surface area (Å²) in [5.74, 6) is -0.0218. The number of nitrogens with zero attached hydrogens (tertiary/aromatic N) is 1. The maximum Gasteiger partial charge on any atom is 0.256 e. The highest BCUT2D eigenvalue weighted by atomic mass is 19.1. The third-order valence-corrected chi connectivity index (χ3v) is 4.53. The predicted octanol–water partition coefficient (Wildman–Crippen LogP) is 2.94. The molecule has 4 nitrogen and oxygen atoms in total. The fourth-order valence-corrected chi connectivity index (χ4v) is 2.98. The van der Waals surface area contributed by atoms with Gasteiger partial charge in [0.1, 0.15) is 11.6 Å². The number of methoxy groups -OCH3 is 1. The number of nitrogens with one attached hydrogen (secondary N) is 1. The maximum absolute atomic E-state index is 14.5. The Labute approximate surface area is 141 Å². The summed E-state index contributed by atoms with van der Waals surface area (Å²) in [4.78, 5) is 14.2. The lowest BCUT2D eigenvalue weighted by Crippen LogP contribution is -2.38. The molecule has 2 aromatic carbocycles. The van der Waals surface area contributed by atoms with E-state index in [0.717, 1.165) is 36.4 Å². The van der Waals surface area contributed by atoms with E-state index in [4.69, 9.17) is 4.74 Å². The van der Waals surface area contributed by atoms with Crippen LogP contribution >= 0.6 is 0 Å². The minimum absolute atomic E-state index is 0.113. The van der Waals surface area contributed by atoms with Crippen LogP contribution in [-0.4, -0.2) is 44.1 Å². The Morgan fingerprint density at radius 2 is 1.92 bits per heavy atom. The summed E-state index contributed by atoms with van der Waals surface area (Å²) in [6.45, 7) is 1.65. The number of amides is 1. The number of likely N-dealkylation sites (N-methyl/N-ethyl adjacent to an activating group) is 1. The van der Waals surface area contributed by atoms with Crippen molar-refractivity contribution >= 4 is 5.91 Å². The van der Waals surface area contributed by atoms with Crippen molar-refractivity contribution in [3.63, 3.8) is 0 Å². The van der Waals surface area contributed by atoms with Crippen LogP contribution in [0.25, 0.3) is 11.1 Å². The van der Waals surface area contributed by atoms with E-state index in [1.165, 1.54) is 6.07 Å². The minimum Gasteiger partial charge on any atom is -0.497 e. The maximum atomic E-state index is 14.5. The van der Waals surface area contributed by atoms with Crippen molar-refractivity contribution in [1.29, 1.82) is 0 Å². The van der Waals surface area contributed by atoms with Gasteiger partial charge in [-0.1, -0.05) is 18.2 Å². The van der Waals surface area contributed by atoms with Crippen LogP contribution in [0, 0.1) is 5.82 Å². The average molecular weight is 328 g/mol. The topological polar surface area (TPSA) is 41.6 Å². The molecule has 0 saturated carbocycles. The van der Waals surface area contributed by atoms with Crippen molar-refractivity contribution in [2.45, 2.75) is 12.5 Å². The molecule has 1 unspecified atom stereocenters. The zero-order valence-corrected chi connectivity index (χ0v) is 13.9. The molecule has 126 valence electrons. The van der Waals surface area contributed by atoms with Gasteiger partial charge in [0.05, 0.1) is 12.7 Å². The molecule has 0 aromatic heterocycles. The van der Waals surface area contributed by atoms with Crippen molar-refractivity contribution in [3.05, 3.63) is 53.8 Å². The summed E-state index contributed by atoms with van der Waals surface area (Å²) in [6, 6.07) is 12.3. The molecule has 2 aromatic rings. The molecular formula is C19H21FN2O2. The first-order valence-electron chi connectivity index (χ1n) is 8.02. The van der Waals surface area contributed by atoms with Gasteiger partial charge in [-0.15, -0.1) is 0 Å². The van der Waals surface area contributed by atoms with Crippen LogP contribution in [-0.2, 0) is 0 Å². The standard InChI is InChI=1S/C19H21FN2O2/c1-22(15-9-10-21-12-15)19(23)17-8-5-14(11-18(17)20)13-3-6-16(24-2)7-4-13/h3-8,11,15,21H,9-10,12H2,1-2H3. The lowest BCUT2D eigenvalue weighted by molar-refractivity contribution is 0.0739. The smallest absolute Gasteiger partial charge is 0.256 e. The van der Waals surface area contributed by atoms with Crippen LogP contribution in [0.3, 0.4) is 0 Å². The molecule has 5 heteroatoms. The molecular weight excluding hydrogens is 307 g/mol. The van der Waals surface area contributed by atoms with Crippen molar-refractivity contribution < 1.29 is 13.9 Å². The van der Waals surface area contributed by atoms with Gasteiger partial charge in [-0.2, -0.15) is 0 Å². The third-order valence-electron chi connectivity index (χ3n) is 4.53. The molecule has 1 heterocycles. The van der Waals surface area contributed by atoms with E-state index >= 15 is 0 Å². The molecule has 3 rings (SSSR count). The number of carbonyl (C=O) groups is 1. The Kier molecular flexibility index (Phi) is 4.81. The summed E-state index contributed by atoms with van der Waals surface area (Å²) >= 11 is 0. The molecule has 1 atom stereocenters. The van der Waals surface area contributed by atoms with Crippen LogP contribution in [0.5, 0.6) is 5.75 Å². The molecule has 0 spiro atoms. The van der Waals surface area contributed by atoms with Gasteiger partial charge in [0.2, 0.25) is 0 Å². The molecule has 1 aliphatic rings. The van der Waals surface area contributed by atoms with Gasteiger partial charge in [0.25, 0.3) is 5.91 Å². The first kappa shape index (κ1) is 16.5. The van der Waals surface area contributed by atoms with Gasteiger partial charge in [0.15, 0.2) is 0 Å². The second-order valence-electron chi connectivity index (χ2n) is 5.99. The minimum atomic E-state index is -0.494. The van der Waals surface area contributed by atoms with E-state index in [2.05, 4.69) is 5.32 Å². The largest absolute Gasteiger partial charge is 0.497 e. The lowest BCUT2D eigenvalue weighted by Gasteiger charge is -2.24. The summed E-state index contributed by atoms with van der Waals surface area (Å²) < 4.78 is 19.6. The first-order chi connectivity index (χ1) is 11.6. The van der Waals surface area contributed by atoms with Crippen LogP contribution in [0.15, 0.2) is 42.5 Å². The number of rotatable bonds is 4. The molecule has 0 bridgehead atoms. The fourth-order valence-electron chi connectivity index (χ4n) is 2.98. The van der Waals surface area contributed by atoms with E-state index in [1.807, 2.05) is 24.3 Å². The molecule has 24 heavy (non-hydrogen) atoms. The van der Waals surface area contributed by atoms with E-state index < -0.39 is 5.82 Å². The molecule has 1 aliphatic heterocycles. The quantitative estimate of drug-likeness (QED) is 0.938. The Balaban J connectivity index is 1.82. The van der Waals surface area contributed by atoms with Gasteiger partial charge in [-0.3, -0.25) is 4.79 Å². The summed E-state index contributed by atoms with van der Waals surface area (Å²) in [7, 11) is 3.34. The molecule has 1 amide bonds. The third kappa shape index (κ3) is 3.26. The van der Waals surface area contributed by atoms with E-state index in [1.54, 1.807) is 31.2 Å². The zero-order valence-electron chi connectivity index (χ0n) is 13.9. The van der Waals surface area contributed by atoms with Gasteiger partial charge in [-0.25, -0.2) is 4.39 Å². The SMILES string of the molecule is COc1ccc(-c2ccc(C(=O)N(C)C3CCNC3)c(F)c2)cc1. The van der Waals surface area contributed by atoms with Crippen molar-refractivity contribution in [1.82, 2.24) is 10.2 Å². The number of hydrogen-bond donors (Lipinski definition) is 1. The van der Waals surface area contributed by atoms with E-state index in [-0.39, 0.29) is 17.5 Å². The number of carbonyl (C=O) groups excluding carboxylic acids is 1. The summed E-state index contributed by atoms with van der Waals surface area (Å²) in [6.07, 6.45) is 0.897. The molecule has 1 N–H and O–H groups in total. The van der Waals surface area contributed by atoms with Gasteiger partial charge < -0.3 is 15.0 Å². The van der Waals surface area contributed by atoms with Gasteiger partial charge in [-0.05, 0) is 48.4 Å². The summed E-state index contributed by atoms with van der Waals surface area (Å²) in [5, 5.41) is 3.22. The monoisotopic (exact) mass is 328 g/mol. The van der Waals surface area contributed by atoms with E-state index in [9.17, 15) is 9.18 Å². The van der Waals surface area contributed by atoms with Crippen molar-refractivity contribution in [2.24, 2.45) is 0 Å². The highest BCUT2D eigenvalue weighted by Crippen LogP contribution is 2.25. The Hall–Kier alpha value is -2.40. The number of hydrogen-bond acceptors (Lipinski definition) is 3. The van der Waals surface area contributed by atoms with Crippen LogP contribution < -0.4 is 10.1 Å². The lowest BCUT2D eigenvalue weighted by atomic mass is 10.0. The van der Waals surface area contributed by atoms with Gasteiger partial charge in [0, 0.05) is 19.6 Å². The normalized spacial score (nSPS) is 16.9. The molecule has 1 fully saturated rings. The molecule has 0 radical (unpaired) electrons. The highest BCUT2D eigenvalue weighted by Gasteiger charge is 2.25. The molecule has 1 saturated heterocycles. The predicted molar refractivity (Wildman–Crippen MR) is 91.8 cm³/mol. The summed E-state index contributed by atoms with van der Waals surface area (Å²) in [5.41, 5.74) is 1.72. The number of halogens is 1. The van der Waals surface area contributed by atoms with Gasteiger partial charge >= 0.3 is 0 Å². The van der Waals surface area contributed by atoms with Crippen molar-refractivity contribution in [2.75, 3.05) is 27.2 Å². The van der Waals surface area contributed by atoms with Crippen molar-refractivity contribution in [3.8, 4) is 16.9 Å². The second-order valence-corrected chi connectivity index (χ2v) is 5.99. The highest BCUT2D eigenvalue weighted by molar-refractivity contribution is 5.95. The van der Waals surface area contributed by atoms with Crippen LogP contribution in [0.4, 0.5) is 4.39 Å². The van der Waals surface area contributed by atoms with Crippen LogP contribution in [0.2, 0.25) is 0 Å². The Morgan fingerprint density at radius 3 is 2.50 bits per heavy atom. The number of ether oxygens (including phenoxy) is 1. The molecule has 0 aliphatic carbocycles. The zero-order chi connectivity index (χ0) is 17.1. The number of benzene rings is 2. The average Bonchev–Trinajstić information content (AvgIpc) is 3.15. The van der Waals surface area contributed by atoms with E-state index in [0.29, 0.717) is 0 Å². The van der Waals surface area contributed by atoms with Crippen LogP contribution in [0.1, 0.15) is 16.8 Å². The second kappa shape index (κ2) is 7.01. The Morgan fingerprint density at radius 1 is 1.21 bits per heavy atom. The fraction of sp³-hybridized carbons (Fsp3) is 0.316. The Bertz CT molecular complexity index is 725. The first-order valence-corrected chi connectivity index (χ1v) is 8.02.